The van der Waals surface area contributed by atoms with Gasteiger partial charge in [-0.1, -0.05) is 69.2 Å². The summed E-state index contributed by atoms with van der Waals surface area (Å²) in [5.41, 5.74) is 0. The monoisotopic (exact) mass is 340 g/mol. The van der Waals surface area contributed by atoms with Crippen LogP contribution in [-0.4, -0.2) is 0 Å². The van der Waals surface area contributed by atoms with Crippen LogP contribution in [0.3, 0.4) is 0 Å². The number of rotatable bonds is 0. The molecular weight excluding hydrogens is 297 g/mol. The molecule has 2 fully saturated rings. The minimum atomic E-state index is 0. The van der Waals surface area contributed by atoms with Crippen LogP contribution in [0.2, 0.25) is 0 Å². The third-order valence-corrected chi connectivity index (χ3v) is 8.29. The molecule has 0 radical (unpaired) electrons. The Labute approximate surface area is 161 Å². The quantitative estimate of drug-likeness (QED) is 0.425. The number of hydrogen-bond donors (Lipinski definition) is 0. The molecule has 2 rings (SSSR count). The van der Waals surface area contributed by atoms with E-state index in [1.165, 1.54) is 0 Å². The minimum Gasteiger partial charge on any atom is -0.358 e. The molecule has 1 heteroatoms. The SMILES string of the molecule is CC1C(C)C(C)C(C)C1C.CC1C(C)C(C)C(C)C1C.[CH3-].[Sc+3]. The predicted octanol–water partition coefficient (Wildman–Crippen LogP) is 6.81. The van der Waals surface area contributed by atoms with Crippen molar-refractivity contribution < 1.29 is 25.8 Å². The van der Waals surface area contributed by atoms with E-state index < -0.39 is 0 Å². The molecule has 0 aromatic carbocycles. The van der Waals surface area contributed by atoms with Crippen LogP contribution >= 0.6 is 0 Å². The van der Waals surface area contributed by atoms with Gasteiger partial charge in [-0.2, -0.15) is 0 Å². The first-order valence-corrected chi connectivity index (χ1v) is 9.11. The van der Waals surface area contributed by atoms with Crippen molar-refractivity contribution in [2.75, 3.05) is 0 Å². The van der Waals surface area contributed by atoms with Crippen LogP contribution in [0.5, 0.6) is 0 Å². The van der Waals surface area contributed by atoms with Gasteiger partial charge in [0.05, 0.1) is 0 Å². The van der Waals surface area contributed by atoms with Crippen LogP contribution in [0.25, 0.3) is 0 Å². The molecule has 2 aliphatic rings. The van der Waals surface area contributed by atoms with Gasteiger partial charge >= 0.3 is 25.8 Å². The standard InChI is InChI=1S/2C10H20.CH3.Sc/c2*1-6-7(2)9(4)10(5)8(6)3;;/h2*6-10H,1-5H3;1H3;/q;;-1;+3. The van der Waals surface area contributed by atoms with Crippen molar-refractivity contribution in [2.24, 2.45) is 59.2 Å². The predicted molar refractivity (Wildman–Crippen MR) is 98.1 cm³/mol. The summed E-state index contributed by atoms with van der Waals surface area (Å²) >= 11 is 0. The van der Waals surface area contributed by atoms with Crippen molar-refractivity contribution in [1.29, 1.82) is 0 Å². The second kappa shape index (κ2) is 10.00. The van der Waals surface area contributed by atoms with E-state index in [0.717, 1.165) is 59.2 Å². The average Bonchev–Trinajstić information content (AvgIpc) is 2.71. The molecule has 0 aromatic heterocycles. The summed E-state index contributed by atoms with van der Waals surface area (Å²) in [6.07, 6.45) is 0. The van der Waals surface area contributed by atoms with Crippen molar-refractivity contribution in [3.63, 3.8) is 0 Å². The summed E-state index contributed by atoms with van der Waals surface area (Å²) in [5.74, 6) is 9.35. The summed E-state index contributed by atoms with van der Waals surface area (Å²) in [5, 5.41) is 0. The fourth-order valence-corrected chi connectivity index (χ4v) is 4.79. The molecular formula is C21H43Sc+2. The average molecular weight is 341 g/mol. The van der Waals surface area contributed by atoms with Gasteiger partial charge in [0.25, 0.3) is 0 Å². The maximum atomic E-state index is 2.40. The zero-order valence-corrected chi connectivity index (χ0v) is 19.2. The van der Waals surface area contributed by atoms with Gasteiger partial charge < -0.3 is 7.43 Å². The van der Waals surface area contributed by atoms with E-state index in [-0.39, 0.29) is 33.3 Å². The Morgan fingerprint density at radius 3 is 0.364 bits per heavy atom. The van der Waals surface area contributed by atoms with Crippen molar-refractivity contribution in [3.05, 3.63) is 7.43 Å². The smallest absolute Gasteiger partial charge is 0.358 e. The maximum Gasteiger partial charge on any atom is 3.00 e. The van der Waals surface area contributed by atoms with Crippen molar-refractivity contribution >= 4 is 0 Å². The first-order chi connectivity index (χ1) is 9.11. The summed E-state index contributed by atoms with van der Waals surface area (Å²) in [6.45, 7) is 24.0. The normalized spacial score (nSPS) is 50.5. The summed E-state index contributed by atoms with van der Waals surface area (Å²) in [7, 11) is 0. The van der Waals surface area contributed by atoms with Crippen molar-refractivity contribution in [2.45, 2.75) is 69.2 Å². The largest absolute Gasteiger partial charge is 3.00 e. The molecule has 0 N–H and O–H groups in total. The van der Waals surface area contributed by atoms with E-state index in [1.807, 2.05) is 0 Å². The zero-order chi connectivity index (χ0) is 15.8. The van der Waals surface area contributed by atoms with E-state index in [1.54, 1.807) is 0 Å². The van der Waals surface area contributed by atoms with Gasteiger partial charge in [-0.25, -0.2) is 0 Å². The summed E-state index contributed by atoms with van der Waals surface area (Å²) < 4.78 is 0. The van der Waals surface area contributed by atoms with E-state index in [4.69, 9.17) is 0 Å². The Bertz CT molecular complexity index is 181. The molecule has 0 aromatic rings. The molecule has 0 spiro atoms. The molecule has 0 saturated heterocycles. The summed E-state index contributed by atoms with van der Waals surface area (Å²) in [4.78, 5) is 0. The van der Waals surface area contributed by atoms with Crippen molar-refractivity contribution in [1.82, 2.24) is 0 Å². The van der Waals surface area contributed by atoms with Gasteiger partial charge in [0.2, 0.25) is 0 Å². The van der Waals surface area contributed by atoms with E-state index in [2.05, 4.69) is 69.2 Å². The molecule has 0 atom stereocenters. The molecule has 0 aliphatic heterocycles. The van der Waals surface area contributed by atoms with Gasteiger partial charge in [0.1, 0.15) is 0 Å². The Hall–Kier alpha value is 0.870. The van der Waals surface area contributed by atoms with Crippen LogP contribution in [0.4, 0.5) is 0 Å². The Morgan fingerprint density at radius 1 is 0.273 bits per heavy atom. The minimum absolute atomic E-state index is 0. The van der Waals surface area contributed by atoms with Crippen molar-refractivity contribution in [3.8, 4) is 0 Å². The first kappa shape index (κ1) is 25.1. The molecule has 0 heterocycles. The first-order valence-electron chi connectivity index (χ1n) is 9.11. The van der Waals surface area contributed by atoms with Gasteiger partial charge in [0, 0.05) is 0 Å². The second-order valence-electron chi connectivity index (χ2n) is 8.59. The molecule has 128 valence electrons. The Kier molecular flexibility index (Phi) is 11.4. The molecule has 2 aliphatic carbocycles. The Balaban J connectivity index is 0. The second-order valence-corrected chi connectivity index (χ2v) is 8.59. The molecule has 0 nitrogen and oxygen atoms in total. The third-order valence-electron chi connectivity index (χ3n) is 8.29. The zero-order valence-electron chi connectivity index (χ0n) is 17.4. The molecule has 0 unspecified atom stereocenters. The fourth-order valence-electron chi connectivity index (χ4n) is 4.79. The van der Waals surface area contributed by atoms with E-state index in [0.29, 0.717) is 0 Å². The van der Waals surface area contributed by atoms with Crippen LogP contribution in [-0.2, 0) is 25.8 Å². The van der Waals surface area contributed by atoms with E-state index in [9.17, 15) is 0 Å². The van der Waals surface area contributed by atoms with Gasteiger partial charge in [0.15, 0.2) is 0 Å². The summed E-state index contributed by atoms with van der Waals surface area (Å²) in [6, 6.07) is 0. The van der Waals surface area contributed by atoms with Gasteiger partial charge in [-0.15, -0.1) is 0 Å². The van der Waals surface area contributed by atoms with E-state index >= 15 is 0 Å². The van der Waals surface area contributed by atoms with Crippen LogP contribution < -0.4 is 0 Å². The number of hydrogen-bond acceptors (Lipinski definition) is 0. The fraction of sp³-hybridized carbons (Fsp3) is 0.952. The molecule has 2 saturated carbocycles. The molecule has 22 heavy (non-hydrogen) atoms. The van der Waals surface area contributed by atoms with Crippen LogP contribution in [0, 0.1) is 66.6 Å². The third kappa shape index (κ3) is 4.93. The molecule has 0 amide bonds. The van der Waals surface area contributed by atoms with Crippen LogP contribution in [0.15, 0.2) is 0 Å². The topological polar surface area (TPSA) is 0 Å². The maximum absolute atomic E-state index is 2.40. The molecule has 0 bridgehead atoms. The Morgan fingerprint density at radius 2 is 0.318 bits per heavy atom. The van der Waals surface area contributed by atoms with Gasteiger partial charge in [-0.05, 0) is 59.2 Å². The van der Waals surface area contributed by atoms with Crippen LogP contribution in [0.1, 0.15) is 69.2 Å². The van der Waals surface area contributed by atoms with Gasteiger partial charge in [-0.3, -0.25) is 0 Å².